The minimum atomic E-state index is -0.307. The first-order chi connectivity index (χ1) is 6.49. The minimum absolute atomic E-state index is 0.296. The van der Waals surface area contributed by atoms with Gasteiger partial charge in [-0.15, -0.1) is 5.10 Å². The number of hydrogen-bond donors (Lipinski definition) is 2. The molecule has 3 N–H and O–H groups in total. The van der Waals surface area contributed by atoms with Gasteiger partial charge in [0.25, 0.3) is 0 Å². The van der Waals surface area contributed by atoms with Gasteiger partial charge in [0.2, 0.25) is 5.91 Å². The highest BCUT2D eigenvalue weighted by molar-refractivity contribution is 7.03. The molecule has 0 radical (unpaired) electrons. The number of nitrogens with zero attached hydrogens (tertiary/aromatic N) is 2. The molecule has 0 aliphatic heterocycles. The zero-order chi connectivity index (χ0) is 10.6. The van der Waals surface area contributed by atoms with Crippen LogP contribution < -0.4 is 11.1 Å². The molecule has 0 bridgehead atoms. The van der Waals surface area contributed by atoms with Gasteiger partial charge >= 0.3 is 0 Å². The molecule has 1 heterocycles. The summed E-state index contributed by atoms with van der Waals surface area (Å²) in [6.45, 7) is 4.46. The lowest BCUT2D eigenvalue weighted by Crippen LogP contribution is -2.42. The number of primary amides is 1. The summed E-state index contributed by atoms with van der Waals surface area (Å²) in [4.78, 5) is 10.7. The summed E-state index contributed by atoms with van der Waals surface area (Å²) in [5.41, 5.74) is 5.71. The van der Waals surface area contributed by atoms with E-state index in [0.717, 1.165) is 5.69 Å². The molecule has 1 amide bonds. The topological polar surface area (TPSA) is 80.9 Å². The fraction of sp³-hybridized carbons (Fsp3) is 0.625. The fourth-order valence-corrected chi connectivity index (χ4v) is 1.54. The Bertz CT molecular complexity index is 296. The van der Waals surface area contributed by atoms with Gasteiger partial charge in [-0.3, -0.25) is 4.79 Å². The SMILES string of the molecule is CC(C)(CC(N)=O)NCc1csnn1. The second-order valence-corrected chi connectivity index (χ2v) is 4.39. The summed E-state index contributed by atoms with van der Waals surface area (Å²) in [7, 11) is 0. The van der Waals surface area contributed by atoms with E-state index in [1.54, 1.807) is 0 Å². The van der Waals surface area contributed by atoms with Gasteiger partial charge in [-0.2, -0.15) is 0 Å². The van der Waals surface area contributed by atoms with Crippen LogP contribution in [0.4, 0.5) is 0 Å². The average Bonchev–Trinajstić information content (AvgIpc) is 2.50. The molecule has 0 spiro atoms. The normalized spacial score (nSPS) is 11.6. The number of aromatic nitrogens is 2. The molecule has 0 atom stereocenters. The van der Waals surface area contributed by atoms with E-state index in [1.807, 2.05) is 19.2 Å². The van der Waals surface area contributed by atoms with Gasteiger partial charge in [-0.05, 0) is 25.4 Å². The van der Waals surface area contributed by atoms with Crippen LogP contribution in [-0.4, -0.2) is 21.0 Å². The number of nitrogens with one attached hydrogen (secondary N) is 1. The van der Waals surface area contributed by atoms with Crippen LogP contribution in [0.2, 0.25) is 0 Å². The molecule has 1 rings (SSSR count). The van der Waals surface area contributed by atoms with Crippen LogP contribution in [0.5, 0.6) is 0 Å². The molecule has 0 aliphatic rings. The summed E-state index contributed by atoms with van der Waals surface area (Å²) < 4.78 is 3.74. The van der Waals surface area contributed by atoms with Crippen LogP contribution >= 0.6 is 11.5 Å². The molecule has 78 valence electrons. The Balaban J connectivity index is 2.40. The van der Waals surface area contributed by atoms with Crippen molar-refractivity contribution in [1.82, 2.24) is 14.9 Å². The molecule has 1 aromatic heterocycles. The highest BCUT2D eigenvalue weighted by atomic mass is 32.1. The number of carbonyl (C=O) groups excluding carboxylic acids is 1. The summed E-state index contributed by atoms with van der Waals surface area (Å²) >= 11 is 1.31. The molecule has 5 nitrogen and oxygen atoms in total. The largest absolute Gasteiger partial charge is 0.370 e. The van der Waals surface area contributed by atoms with Crippen molar-refractivity contribution in [2.45, 2.75) is 32.4 Å². The fourth-order valence-electron chi connectivity index (χ4n) is 1.09. The Morgan fingerprint density at radius 3 is 2.93 bits per heavy atom. The van der Waals surface area contributed by atoms with Crippen molar-refractivity contribution in [3.8, 4) is 0 Å². The van der Waals surface area contributed by atoms with Crippen molar-refractivity contribution in [3.05, 3.63) is 11.1 Å². The lowest BCUT2D eigenvalue weighted by atomic mass is 10.0. The molecule has 1 aromatic rings. The van der Waals surface area contributed by atoms with Crippen molar-refractivity contribution >= 4 is 17.4 Å². The molecular weight excluding hydrogens is 200 g/mol. The van der Waals surface area contributed by atoms with Gasteiger partial charge in [0.15, 0.2) is 0 Å². The molecule has 0 aromatic carbocycles. The highest BCUT2D eigenvalue weighted by Crippen LogP contribution is 2.08. The molecule has 0 saturated carbocycles. The van der Waals surface area contributed by atoms with Crippen molar-refractivity contribution in [2.75, 3.05) is 0 Å². The maximum atomic E-state index is 10.7. The highest BCUT2D eigenvalue weighted by Gasteiger charge is 2.19. The summed E-state index contributed by atoms with van der Waals surface area (Å²) in [6.07, 6.45) is 0.310. The summed E-state index contributed by atoms with van der Waals surface area (Å²) in [5.74, 6) is -0.307. The van der Waals surface area contributed by atoms with E-state index in [9.17, 15) is 4.79 Å². The van der Waals surface area contributed by atoms with Crippen LogP contribution in [0.15, 0.2) is 5.38 Å². The van der Waals surface area contributed by atoms with Crippen molar-refractivity contribution < 1.29 is 4.79 Å². The Morgan fingerprint density at radius 2 is 2.43 bits per heavy atom. The Hall–Kier alpha value is -1.01. The summed E-state index contributed by atoms with van der Waals surface area (Å²) in [6, 6.07) is 0. The van der Waals surface area contributed by atoms with Gasteiger partial charge in [0, 0.05) is 23.9 Å². The first-order valence-corrected chi connectivity index (χ1v) is 5.12. The van der Waals surface area contributed by atoms with Gasteiger partial charge in [0.1, 0.15) is 0 Å². The van der Waals surface area contributed by atoms with Crippen molar-refractivity contribution in [1.29, 1.82) is 0 Å². The first kappa shape index (κ1) is 11.1. The van der Waals surface area contributed by atoms with E-state index >= 15 is 0 Å². The number of rotatable bonds is 5. The lowest BCUT2D eigenvalue weighted by molar-refractivity contribution is -0.119. The van der Waals surface area contributed by atoms with E-state index in [4.69, 9.17) is 5.73 Å². The van der Waals surface area contributed by atoms with Crippen LogP contribution in [-0.2, 0) is 11.3 Å². The van der Waals surface area contributed by atoms with Crippen LogP contribution in [0.3, 0.4) is 0 Å². The third kappa shape index (κ3) is 3.80. The molecule has 0 unspecified atom stereocenters. The monoisotopic (exact) mass is 214 g/mol. The third-order valence-electron chi connectivity index (χ3n) is 1.77. The average molecular weight is 214 g/mol. The number of hydrogen-bond acceptors (Lipinski definition) is 5. The maximum absolute atomic E-state index is 10.7. The molecule has 0 saturated heterocycles. The van der Waals surface area contributed by atoms with Crippen LogP contribution in [0.1, 0.15) is 26.0 Å². The van der Waals surface area contributed by atoms with E-state index in [1.165, 1.54) is 11.5 Å². The lowest BCUT2D eigenvalue weighted by Gasteiger charge is -2.24. The molecule has 0 fully saturated rings. The zero-order valence-corrected chi connectivity index (χ0v) is 9.10. The van der Waals surface area contributed by atoms with E-state index in [0.29, 0.717) is 13.0 Å². The second kappa shape index (κ2) is 4.47. The molecule has 0 aliphatic carbocycles. The van der Waals surface area contributed by atoms with Crippen LogP contribution in [0.25, 0.3) is 0 Å². The Kier molecular flexibility index (Phi) is 3.54. The van der Waals surface area contributed by atoms with E-state index in [2.05, 4.69) is 14.9 Å². The molecule has 14 heavy (non-hydrogen) atoms. The standard InChI is InChI=1S/C8H14N4OS/c1-8(2,3-7(9)13)10-4-6-5-14-12-11-6/h5,10H,3-4H2,1-2H3,(H2,9,13). The van der Waals surface area contributed by atoms with E-state index in [-0.39, 0.29) is 11.4 Å². The van der Waals surface area contributed by atoms with Gasteiger partial charge < -0.3 is 11.1 Å². The first-order valence-electron chi connectivity index (χ1n) is 4.29. The third-order valence-corrected chi connectivity index (χ3v) is 2.32. The number of nitrogens with two attached hydrogens (primary N) is 1. The van der Waals surface area contributed by atoms with Gasteiger partial charge in [-0.1, -0.05) is 4.49 Å². The van der Waals surface area contributed by atoms with E-state index < -0.39 is 0 Å². The maximum Gasteiger partial charge on any atom is 0.219 e. The number of carbonyl (C=O) groups is 1. The predicted octanol–water partition coefficient (Wildman–Crippen LogP) is 0.282. The van der Waals surface area contributed by atoms with Crippen molar-refractivity contribution in [3.63, 3.8) is 0 Å². The molecule has 6 heteroatoms. The molecular formula is C8H14N4OS. The summed E-state index contributed by atoms with van der Waals surface area (Å²) in [5, 5.41) is 8.95. The van der Waals surface area contributed by atoms with Gasteiger partial charge in [-0.25, -0.2) is 0 Å². The van der Waals surface area contributed by atoms with Crippen LogP contribution in [0, 0.1) is 0 Å². The number of amides is 1. The van der Waals surface area contributed by atoms with Crippen molar-refractivity contribution in [2.24, 2.45) is 5.73 Å². The predicted molar refractivity (Wildman–Crippen MR) is 54.6 cm³/mol. The quantitative estimate of drug-likeness (QED) is 0.737. The van der Waals surface area contributed by atoms with Gasteiger partial charge in [0.05, 0.1) is 5.69 Å². The minimum Gasteiger partial charge on any atom is -0.370 e. The smallest absolute Gasteiger partial charge is 0.219 e. The Labute approximate surface area is 86.9 Å². The second-order valence-electron chi connectivity index (χ2n) is 3.78. The Morgan fingerprint density at radius 1 is 1.71 bits per heavy atom. The zero-order valence-electron chi connectivity index (χ0n) is 8.28.